The van der Waals surface area contributed by atoms with Crippen LogP contribution in [0.2, 0.25) is 0 Å². The smallest absolute Gasteiger partial charge is 0.251 e. The van der Waals surface area contributed by atoms with E-state index in [4.69, 9.17) is 11.6 Å². The van der Waals surface area contributed by atoms with E-state index in [1.807, 2.05) is 0 Å². The van der Waals surface area contributed by atoms with Gasteiger partial charge in [-0.25, -0.2) is 0 Å². The van der Waals surface area contributed by atoms with Crippen LogP contribution in [0.25, 0.3) is 0 Å². The van der Waals surface area contributed by atoms with E-state index in [2.05, 4.69) is 10.3 Å². The molecular weight excluding hydrogens is 228 g/mol. The lowest BCUT2D eigenvalue weighted by molar-refractivity contribution is 0.0946. The molecule has 2 N–H and O–H groups in total. The summed E-state index contributed by atoms with van der Waals surface area (Å²) in [5.74, 6) is 0.352. The molecule has 0 spiro atoms. The minimum Gasteiger partial charge on any atom is -0.351 e. The van der Waals surface area contributed by atoms with E-state index in [0.29, 0.717) is 18.0 Å². The van der Waals surface area contributed by atoms with Crippen LogP contribution < -0.4 is 10.9 Å². The monoisotopic (exact) mass is 240 g/mol. The quantitative estimate of drug-likeness (QED) is 0.775. The number of halogens is 1. The van der Waals surface area contributed by atoms with Gasteiger partial charge in [-0.05, 0) is 18.9 Å². The first-order valence-electron chi connectivity index (χ1n) is 5.18. The van der Waals surface area contributed by atoms with E-state index in [0.717, 1.165) is 12.8 Å². The van der Waals surface area contributed by atoms with Crippen molar-refractivity contribution in [1.82, 2.24) is 10.3 Å². The van der Waals surface area contributed by atoms with Crippen molar-refractivity contribution in [3.05, 3.63) is 34.2 Å². The summed E-state index contributed by atoms with van der Waals surface area (Å²) in [5, 5.41) is 2.80. The van der Waals surface area contributed by atoms with Crippen molar-refractivity contribution in [3.8, 4) is 0 Å². The van der Waals surface area contributed by atoms with Crippen molar-refractivity contribution in [3.63, 3.8) is 0 Å². The maximum absolute atomic E-state index is 11.7. The SMILES string of the molecule is O=C(NCC1(CCl)CC1)c1cc[nH]c(=O)c1. The molecule has 5 heteroatoms. The average Bonchev–Trinajstić information content (AvgIpc) is 3.07. The number of pyridine rings is 1. The highest BCUT2D eigenvalue weighted by Crippen LogP contribution is 2.45. The van der Waals surface area contributed by atoms with Crippen molar-refractivity contribution in [1.29, 1.82) is 0 Å². The van der Waals surface area contributed by atoms with Crippen LogP contribution in [0.3, 0.4) is 0 Å². The van der Waals surface area contributed by atoms with Gasteiger partial charge in [0.05, 0.1) is 0 Å². The van der Waals surface area contributed by atoms with Gasteiger partial charge in [0.2, 0.25) is 5.56 Å². The van der Waals surface area contributed by atoms with E-state index in [1.54, 1.807) is 6.07 Å². The first kappa shape index (κ1) is 11.2. The Morgan fingerprint density at radius 1 is 1.56 bits per heavy atom. The first-order valence-corrected chi connectivity index (χ1v) is 5.72. The summed E-state index contributed by atoms with van der Waals surface area (Å²) < 4.78 is 0. The maximum Gasteiger partial charge on any atom is 0.251 e. The fourth-order valence-corrected chi connectivity index (χ4v) is 1.85. The largest absolute Gasteiger partial charge is 0.351 e. The zero-order valence-electron chi connectivity index (χ0n) is 8.75. The minimum absolute atomic E-state index is 0.0957. The van der Waals surface area contributed by atoms with Crippen LogP contribution in [-0.2, 0) is 0 Å². The van der Waals surface area contributed by atoms with Crippen LogP contribution in [0.1, 0.15) is 23.2 Å². The van der Waals surface area contributed by atoms with Crippen LogP contribution in [0.15, 0.2) is 23.1 Å². The Hall–Kier alpha value is -1.29. The predicted octanol–water partition coefficient (Wildman–Crippen LogP) is 1.12. The van der Waals surface area contributed by atoms with Gasteiger partial charge < -0.3 is 10.3 Å². The Bertz CT molecular complexity index is 451. The standard InChI is InChI=1S/C11H13ClN2O2/c12-6-11(2-3-11)7-14-10(16)8-1-4-13-9(15)5-8/h1,4-5H,2-3,6-7H2,(H,13,15)(H,14,16). The van der Waals surface area contributed by atoms with Gasteiger partial charge in [-0.3, -0.25) is 9.59 Å². The van der Waals surface area contributed by atoms with Crippen LogP contribution in [-0.4, -0.2) is 23.3 Å². The lowest BCUT2D eigenvalue weighted by atomic mass is 10.1. The van der Waals surface area contributed by atoms with Crippen LogP contribution >= 0.6 is 11.6 Å². The third kappa shape index (κ3) is 2.44. The molecule has 0 unspecified atom stereocenters. The minimum atomic E-state index is -0.272. The normalized spacial score (nSPS) is 16.8. The molecule has 1 aliphatic carbocycles. The van der Waals surface area contributed by atoms with Crippen molar-refractivity contribution >= 4 is 17.5 Å². The third-order valence-electron chi connectivity index (χ3n) is 2.90. The molecule has 1 aromatic heterocycles. The number of H-pyrrole nitrogens is 1. The number of carbonyl (C=O) groups excluding carboxylic acids is 1. The van der Waals surface area contributed by atoms with Gasteiger partial charge in [0.15, 0.2) is 0 Å². The van der Waals surface area contributed by atoms with Crippen LogP contribution in [0.4, 0.5) is 0 Å². The number of aromatic nitrogens is 1. The molecule has 0 radical (unpaired) electrons. The molecule has 86 valence electrons. The third-order valence-corrected chi connectivity index (χ3v) is 3.47. The second-order valence-electron chi connectivity index (χ2n) is 4.26. The zero-order chi connectivity index (χ0) is 11.6. The highest BCUT2D eigenvalue weighted by molar-refractivity contribution is 6.18. The molecule has 1 aliphatic rings. The molecule has 0 aromatic carbocycles. The molecule has 2 rings (SSSR count). The molecule has 0 saturated heterocycles. The molecule has 0 bridgehead atoms. The summed E-state index contributed by atoms with van der Waals surface area (Å²) in [7, 11) is 0. The second-order valence-corrected chi connectivity index (χ2v) is 4.53. The molecule has 1 aromatic rings. The summed E-state index contributed by atoms with van der Waals surface area (Å²) in [6.07, 6.45) is 3.59. The first-order chi connectivity index (χ1) is 7.65. The number of alkyl halides is 1. The fourth-order valence-electron chi connectivity index (χ4n) is 1.49. The van der Waals surface area contributed by atoms with E-state index >= 15 is 0 Å². The van der Waals surface area contributed by atoms with Gasteiger partial charge >= 0.3 is 0 Å². The molecule has 1 saturated carbocycles. The Morgan fingerprint density at radius 3 is 2.88 bits per heavy atom. The number of rotatable bonds is 4. The average molecular weight is 241 g/mol. The molecule has 1 fully saturated rings. The van der Waals surface area contributed by atoms with Gasteiger partial charge in [-0.1, -0.05) is 0 Å². The number of nitrogens with one attached hydrogen (secondary N) is 2. The maximum atomic E-state index is 11.7. The highest BCUT2D eigenvalue weighted by atomic mass is 35.5. The molecule has 4 nitrogen and oxygen atoms in total. The van der Waals surface area contributed by atoms with E-state index in [-0.39, 0.29) is 16.9 Å². The molecule has 0 aliphatic heterocycles. The zero-order valence-corrected chi connectivity index (χ0v) is 9.51. The molecule has 1 heterocycles. The summed E-state index contributed by atoms with van der Waals surface area (Å²) in [6, 6.07) is 2.87. The van der Waals surface area contributed by atoms with Gasteiger partial charge in [0.25, 0.3) is 5.91 Å². The van der Waals surface area contributed by atoms with Gasteiger partial charge in [0, 0.05) is 35.7 Å². The Labute approximate surface area is 98.0 Å². The van der Waals surface area contributed by atoms with Crippen molar-refractivity contribution < 1.29 is 4.79 Å². The van der Waals surface area contributed by atoms with E-state index in [9.17, 15) is 9.59 Å². The summed E-state index contributed by atoms with van der Waals surface area (Å²) in [5.41, 5.74) is 0.207. The molecule has 1 amide bonds. The van der Waals surface area contributed by atoms with E-state index < -0.39 is 0 Å². The second kappa shape index (κ2) is 4.29. The lowest BCUT2D eigenvalue weighted by Gasteiger charge is -2.12. The number of aromatic amines is 1. The number of hydrogen-bond donors (Lipinski definition) is 2. The number of amides is 1. The lowest BCUT2D eigenvalue weighted by Crippen LogP contribution is -2.31. The molecule has 16 heavy (non-hydrogen) atoms. The predicted molar refractivity (Wildman–Crippen MR) is 61.8 cm³/mol. The van der Waals surface area contributed by atoms with Gasteiger partial charge in [-0.2, -0.15) is 0 Å². The highest BCUT2D eigenvalue weighted by Gasteiger charge is 2.41. The Morgan fingerprint density at radius 2 is 2.31 bits per heavy atom. The Balaban J connectivity index is 1.96. The number of hydrogen-bond acceptors (Lipinski definition) is 2. The Kier molecular flexibility index (Phi) is 3.01. The van der Waals surface area contributed by atoms with E-state index in [1.165, 1.54) is 12.3 Å². The van der Waals surface area contributed by atoms with Gasteiger partial charge in [0.1, 0.15) is 0 Å². The van der Waals surface area contributed by atoms with Gasteiger partial charge in [-0.15, -0.1) is 11.6 Å². The van der Waals surface area contributed by atoms with Crippen molar-refractivity contribution in [2.45, 2.75) is 12.8 Å². The van der Waals surface area contributed by atoms with Crippen LogP contribution in [0, 0.1) is 5.41 Å². The topological polar surface area (TPSA) is 62.0 Å². The van der Waals surface area contributed by atoms with Crippen molar-refractivity contribution in [2.75, 3.05) is 12.4 Å². The summed E-state index contributed by atoms with van der Waals surface area (Å²) in [4.78, 5) is 25.2. The van der Waals surface area contributed by atoms with Crippen molar-refractivity contribution in [2.24, 2.45) is 5.41 Å². The molecule has 0 atom stereocenters. The molecular formula is C11H13ClN2O2. The van der Waals surface area contributed by atoms with Crippen LogP contribution in [0.5, 0.6) is 0 Å². The summed E-state index contributed by atoms with van der Waals surface area (Å²) >= 11 is 5.80. The summed E-state index contributed by atoms with van der Waals surface area (Å²) in [6.45, 7) is 0.585. The fraction of sp³-hybridized carbons (Fsp3) is 0.455. The number of carbonyl (C=O) groups is 1.